The van der Waals surface area contributed by atoms with Gasteiger partial charge in [0.1, 0.15) is 0 Å². The lowest BCUT2D eigenvalue weighted by molar-refractivity contribution is -0.384. The van der Waals surface area contributed by atoms with E-state index in [-0.39, 0.29) is 22.3 Å². The van der Waals surface area contributed by atoms with E-state index < -0.39 is 28.1 Å². The second-order valence-electron chi connectivity index (χ2n) is 7.15. The summed E-state index contributed by atoms with van der Waals surface area (Å²) in [4.78, 5) is 23.3. The fraction of sp³-hybridized carbons (Fsp3) is 0.0435. The molecule has 11 heteroatoms. The van der Waals surface area contributed by atoms with Crippen molar-refractivity contribution in [3.63, 3.8) is 0 Å². The second-order valence-corrected chi connectivity index (χ2v) is 7.15. The summed E-state index contributed by atoms with van der Waals surface area (Å²) in [5.41, 5.74) is 1.21. The van der Waals surface area contributed by atoms with E-state index in [0.29, 0.717) is 11.1 Å². The average molecular weight is 468 g/mol. The highest BCUT2D eigenvalue weighted by atomic mass is 19.4. The molecule has 8 nitrogen and oxygen atoms in total. The summed E-state index contributed by atoms with van der Waals surface area (Å²) in [6, 6.07) is 15.7. The average Bonchev–Trinajstić information content (AvgIpc) is 2.81. The van der Waals surface area contributed by atoms with Gasteiger partial charge in [0.15, 0.2) is 0 Å². The number of anilines is 1. The highest BCUT2D eigenvalue weighted by molar-refractivity contribution is 6.01. The Balaban J connectivity index is 1.81. The molecule has 0 radical (unpaired) electrons. The first-order valence-electron chi connectivity index (χ1n) is 9.74. The van der Waals surface area contributed by atoms with Crippen LogP contribution >= 0.6 is 0 Å². The third-order valence-electron chi connectivity index (χ3n) is 5.00. The molecule has 1 heterocycles. The number of hydrogen-bond donors (Lipinski definition) is 2. The van der Waals surface area contributed by atoms with Gasteiger partial charge in [-0.15, -0.1) is 0 Å². The summed E-state index contributed by atoms with van der Waals surface area (Å²) in [5, 5.41) is 26.2. The number of hydrazone groups is 1. The van der Waals surface area contributed by atoms with E-state index in [1.165, 1.54) is 42.6 Å². The van der Waals surface area contributed by atoms with Crippen LogP contribution in [0, 0.1) is 10.1 Å². The van der Waals surface area contributed by atoms with E-state index >= 15 is 0 Å². The van der Waals surface area contributed by atoms with E-state index in [2.05, 4.69) is 10.5 Å². The van der Waals surface area contributed by atoms with Crippen molar-refractivity contribution in [2.75, 3.05) is 5.43 Å². The lowest BCUT2D eigenvalue weighted by Crippen LogP contribution is -2.20. The highest BCUT2D eigenvalue weighted by Gasteiger charge is 2.31. The van der Waals surface area contributed by atoms with Crippen molar-refractivity contribution in [3.8, 4) is 11.6 Å². The Hall–Kier alpha value is -4.67. The van der Waals surface area contributed by atoms with Crippen molar-refractivity contribution in [2.45, 2.75) is 6.18 Å². The van der Waals surface area contributed by atoms with Gasteiger partial charge >= 0.3 is 6.18 Å². The molecule has 0 atom stereocenters. The Labute approximate surface area is 189 Å². The third-order valence-corrected chi connectivity index (χ3v) is 5.00. The van der Waals surface area contributed by atoms with Gasteiger partial charge in [0.2, 0.25) is 5.88 Å². The van der Waals surface area contributed by atoms with Gasteiger partial charge in [-0.2, -0.15) is 18.3 Å². The molecule has 0 amide bonds. The van der Waals surface area contributed by atoms with Gasteiger partial charge in [-0.1, -0.05) is 24.3 Å². The standard InChI is InChI=1S/C23H15F3N4O4/c24-23(25,26)14-4-3-5-17(12-14)29-21(31)19-7-2-1-6-18(19)20(22(29)32)13-27-28-15-8-10-16(11-9-15)30(33)34/h1-13,28,32H. The maximum atomic E-state index is 13.2. The number of benzene rings is 3. The van der Waals surface area contributed by atoms with Crippen molar-refractivity contribution < 1.29 is 23.2 Å². The van der Waals surface area contributed by atoms with Crippen LogP contribution in [0.1, 0.15) is 11.1 Å². The molecule has 0 spiro atoms. The zero-order valence-electron chi connectivity index (χ0n) is 17.2. The van der Waals surface area contributed by atoms with Crippen molar-refractivity contribution in [2.24, 2.45) is 5.10 Å². The summed E-state index contributed by atoms with van der Waals surface area (Å²) < 4.78 is 40.4. The second kappa shape index (κ2) is 8.70. The van der Waals surface area contributed by atoms with Crippen LogP contribution in [0.15, 0.2) is 82.7 Å². The number of alkyl halides is 3. The maximum Gasteiger partial charge on any atom is 0.416 e. The number of pyridine rings is 1. The Morgan fingerprint density at radius 1 is 1.00 bits per heavy atom. The molecule has 34 heavy (non-hydrogen) atoms. The number of fused-ring (bicyclic) bond motifs is 1. The molecule has 0 bridgehead atoms. The monoisotopic (exact) mass is 468 g/mol. The first-order chi connectivity index (χ1) is 16.2. The van der Waals surface area contributed by atoms with Crippen LogP contribution < -0.4 is 11.0 Å². The predicted molar refractivity (Wildman–Crippen MR) is 121 cm³/mol. The molecule has 0 fully saturated rings. The molecule has 3 aromatic carbocycles. The Morgan fingerprint density at radius 2 is 1.68 bits per heavy atom. The largest absolute Gasteiger partial charge is 0.494 e. The molecule has 172 valence electrons. The fourth-order valence-electron chi connectivity index (χ4n) is 3.38. The number of nitrogens with zero attached hydrogens (tertiary/aromatic N) is 3. The minimum atomic E-state index is -4.63. The first-order valence-corrected chi connectivity index (χ1v) is 9.74. The van der Waals surface area contributed by atoms with Gasteiger partial charge in [-0.05, 0) is 36.4 Å². The van der Waals surface area contributed by atoms with E-state index in [1.807, 2.05) is 0 Å². The van der Waals surface area contributed by atoms with Crippen LogP contribution in [0.3, 0.4) is 0 Å². The molecule has 0 saturated carbocycles. The number of aromatic hydroxyl groups is 1. The molecule has 0 unspecified atom stereocenters. The molecule has 4 rings (SSSR count). The molecule has 0 saturated heterocycles. The smallest absolute Gasteiger partial charge is 0.416 e. The molecule has 0 aliphatic rings. The third kappa shape index (κ3) is 4.31. The number of halogens is 3. The molecule has 2 N–H and O–H groups in total. The Kier molecular flexibility index (Phi) is 5.76. The van der Waals surface area contributed by atoms with Gasteiger partial charge in [-0.25, -0.2) is 4.57 Å². The van der Waals surface area contributed by atoms with Crippen molar-refractivity contribution in [1.82, 2.24) is 4.57 Å². The summed E-state index contributed by atoms with van der Waals surface area (Å²) in [6.07, 6.45) is -3.42. The molecular weight excluding hydrogens is 453 g/mol. The van der Waals surface area contributed by atoms with E-state index in [1.54, 1.807) is 18.2 Å². The first kappa shape index (κ1) is 22.5. The van der Waals surface area contributed by atoms with Crippen LogP contribution in [0.2, 0.25) is 0 Å². The molecule has 0 aliphatic carbocycles. The lowest BCUT2D eigenvalue weighted by Gasteiger charge is -2.15. The zero-order chi connectivity index (χ0) is 24.5. The fourth-order valence-corrected chi connectivity index (χ4v) is 3.38. The lowest BCUT2D eigenvalue weighted by atomic mass is 10.1. The molecule has 1 aromatic heterocycles. The number of aromatic nitrogens is 1. The van der Waals surface area contributed by atoms with E-state index in [0.717, 1.165) is 22.8 Å². The van der Waals surface area contributed by atoms with Crippen LogP contribution in [-0.4, -0.2) is 20.8 Å². The Morgan fingerprint density at radius 3 is 2.32 bits per heavy atom. The topological polar surface area (TPSA) is 110 Å². The summed E-state index contributed by atoms with van der Waals surface area (Å²) in [5.74, 6) is -0.600. The minimum absolute atomic E-state index is 0.0852. The number of nitrogens with one attached hydrogen (secondary N) is 1. The van der Waals surface area contributed by atoms with Gasteiger partial charge in [0.25, 0.3) is 11.2 Å². The van der Waals surface area contributed by atoms with E-state index in [4.69, 9.17) is 0 Å². The summed E-state index contributed by atoms with van der Waals surface area (Å²) in [6.45, 7) is 0. The summed E-state index contributed by atoms with van der Waals surface area (Å²) >= 11 is 0. The number of hydrogen-bond acceptors (Lipinski definition) is 6. The number of nitro benzene ring substituents is 1. The van der Waals surface area contributed by atoms with Gasteiger partial charge in [0, 0.05) is 22.9 Å². The number of non-ortho nitro benzene ring substituents is 1. The van der Waals surface area contributed by atoms with Crippen LogP contribution in [0.4, 0.5) is 24.5 Å². The maximum absolute atomic E-state index is 13.2. The van der Waals surface area contributed by atoms with Gasteiger partial charge < -0.3 is 5.11 Å². The number of nitro groups is 1. The predicted octanol–water partition coefficient (Wildman–Crippen LogP) is 5.07. The normalized spacial score (nSPS) is 11.7. The molecular formula is C23H15F3N4O4. The van der Waals surface area contributed by atoms with Crippen molar-refractivity contribution in [1.29, 1.82) is 0 Å². The SMILES string of the molecule is O=c1c2ccccc2c(C=NNc2ccc([N+](=O)[O-])cc2)c(O)n1-c1cccc(C(F)(F)F)c1. The van der Waals surface area contributed by atoms with Crippen LogP contribution in [-0.2, 0) is 6.18 Å². The highest BCUT2D eigenvalue weighted by Crippen LogP contribution is 2.32. The van der Waals surface area contributed by atoms with Crippen LogP contribution in [0.5, 0.6) is 5.88 Å². The van der Waals surface area contributed by atoms with Crippen molar-refractivity contribution in [3.05, 3.63) is 104 Å². The summed E-state index contributed by atoms with van der Waals surface area (Å²) in [7, 11) is 0. The minimum Gasteiger partial charge on any atom is -0.494 e. The zero-order valence-corrected chi connectivity index (χ0v) is 17.2. The quantitative estimate of drug-likeness (QED) is 0.241. The Bertz CT molecular complexity index is 1480. The van der Waals surface area contributed by atoms with Gasteiger partial charge in [0.05, 0.1) is 33.6 Å². The van der Waals surface area contributed by atoms with Crippen molar-refractivity contribution >= 4 is 28.4 Å². The number of rotatable bonds is 5. The van der Waals surface area contributed by atoms with Crippen LogP contribution in [0.25, 0.3) is 16.5 Å². The van der Waals surface area contributed by atoms with E-state index in [9.17, 15) is 33.2 Å². The van der Waals surface area contributed by atoms with Gasteiger partial charge in [-0.3, -0.25) is 20.3 Å². The molecule has 0 aliphatic heterocycles. The molecule has 4 aromatic rings.